The lowest BCUT2D eigenvalue weighted by molar-refractivity contribution is -0.128. The predicted octanol–water partition coefficient (Wildman–Crippen LogP) is 1.49. The van der Waals surface area contributed by atoms with Gasteiger partial charge in [0.1, 0.15) is 5.54 Å². The molecule has 0 radical (unpaired) electrons. The number of ether oxygens (including phenoxy) is 1. The Labute approximate surface area is 188 Å². The van der Waals surface area contributed by atoms with E-state index in [4.69, 9.17) is 9.15 Å². The summed E-state index contributed by atoms with van der Waals surface area (Å²) in [5, 5.41) is 12.2. The lowest BCUT2D eigenvalue weighted by atomic mass is 9.82. The number of sulfonamides is 1. The highest BCUT2D eigenvalue weighted by Gasteiger charge is 2.38. The number of nitrogens with zero attached hydrogens (tertiary/aromatic N) is 3. The molecule has 0 spiro atoms. The van der Waals surface area contributed by atoms with Crippen molar-refractivity contribution in [3.8, 4) is 6.07 Å². The molecule has 2 heterocycles. The van der Waals surface area contributed by atoms with Crippen LogP contribution in [0.5, 0.6) is 0 Å². The first-order valence-electron chi connectivity index (χ1n) is 11.0. The van der Waals surface area contributed by atoms with Gasteiger partial charge in [-0.2, -0.15) is 9.57 Å². The van der Waals surface area contributed by atoms with Gasteiger partial charge in [0.05, 0.1) is 18.7 Å². The topological polar surface area (TPSA) is 133 Å². The van der Waals surface area contributed by atoms with Crippen molar-refractivity contribution in [1.29, 1.82) is 5.26 Å². The number of esters is 1. The quantitative estimate of drug-likeness (QED) is 0.598. The monoisotopic (exact) mass is 466 g/mol. The summed E-state index contributed by atoms with van der Waals surface area (Å²) in [7, 11) is -3.91. The van der Waals surface area contributed by atoms with E-state index in [9.17, 15) is 23.3 Å². The molecule has 1 saturated carbocycles. The zero-order chi connectivity index (χ0) is 23.4. The highest BCUT2D eigenvalue weighted by Crippen LogP contribution is 2.28. The second-order valence-corrected chi connectivity index (χ2v) is 10.1. The van der Waals surface area contributed by atoms with Crippen LogP contribution in [-0.2, 0) is 19.6 Å². The number of piperazine rings is 1. The van der Waals surface area contributed by atoms with Crippen molar-refractivity contribution >= 4 is 21.9 Å². The third-order valence-electron chi connectivity index (χ3n) is 6.14. The van der Waals surface area contributed by atoms with Crippen LogP contribution in [0.25, 0.3) is 0 Å². The molecule has 1 amide bonds. The lowest BCUT2D eigenvalue weighted by Gasteiger charge is -2.38. The number of carbonyl (C=O) groups is 2. The summed E-state index contributed by atoms with van der Waals surface area (Å²) in [6.07, 6.45) is 4.23. The predicted molar refractivity (Wildman–Crippen MR) is 114 cm³/mol. The van der Waals surface area contributed by atoms with Gasteiger partial charge >= 0.3 is 5.97 Å². The van der Waals surface area contributed by atoms with Crippen LogP contribution in [0.4, 0.5) is 0 Å². The number of carbonyl (C=O) groups excluding carboxylic acids is 2. The SMILES string of the molecule is CCOC(=O)c1ccc(S(=O)(=O)N2CCN(C(C)C(=O)NC3(C#N)CCCCC3)CC2)o1. The van der Waals surface area contributed by atoms with Crippen LogP contribution in [0.1, 0.15) is 56.5 Å². The molecule has 2 aliphatic rings. The second-order valence-electron chi connectivity index (χ2n) is 8.20. The fourth-order valence-corrected chi connectivity index (χ4v) is 5.49. The van der Waals surface area contributed by atoms with Gasteiger partial charge in [-0.1, -0.05) is 19.3 Å². The zero-order valence-corrected chi connectivity index (χ0v) is 19.3. The first-order chi connectivity index (χ1) is 15.2. The Hall–Kier alpha value is -2.42. The highest BCUT2D eigenvalue weighted by molar-refractivity contribution is 7.89. The van der Waals surface area contributed by atoms with Crippen molar-refractivity contribution in [3.05, 3.63) is 17.9 Å². The summed E-state index contributed by atoms with van der Waals surface area (Å²) >= 11 is 0. The molecule has 0 aromatic carbocycles. The zero-order valence-electron chi connectivity index (χ0n) is 18.5. The van der Waals surface area contributed by atoms with Gasteiger partial charge in [-0.3, -0.25) is 9.69 Å². The van der Waals surface area contributed by atoms with E-state index in [2.05, 4.69) is 11.4 Å². The van der Waals surface area contributed by atoms with E-state index in [-0.39, 0.29) is 36.5 Å². The van der Waals surface area contributed by atoms with Gasteiger partial charge in [0, 0.05) is 26.2 Å². The summed E-state index contributed by atoms with van der Waals surface area (Å²) in [5.41, 5.74) is -0.801. The van der Waals surface area contributed by atoms with Crippen LogP contribution >= 0.6 is 0 Å². The highest BCUT2D eigenvalue weighted by atomic mass is 32.2. The minimum absolute atomic E-state index is 0.158. The van der Waals surface area contributed by atoms with E-state index >= 15 is 0 Å². The van der Waals surface area contributed by atoms with Crippen LogP contribution in [0, 0.1) is 11.3 Å². The van der Waals surface area contributed by atoms with Crippen LogP contribution in [-0.4, -0.2) is 73.9 Å². The molecule has 1 unspecified atom stereocenters. The molecule has 32 heavy (non-hydrogen) atoms. The summed E-state index contributed by atoms with van der Waals surface area (Å²) in [6, 6.07) is 4.33. The molecule has 2 fully saturated rings. The average molecular weight is 467 g/mol. The van der Waals surface area contributed by atoms with Crippen molar-refractivity contribution < 1.29 is 27.2 Å². The van der Waals surface area contributed by atoms with E-state index in [0.29, 0.717) is 25.9 Å². The lowest BCUT2D eigenvalue weighted by Crippen LogP contribution is -2.58. The Bertz CT molecular complexity index is 969. The minimum Gasteiger partial charge on any atom is -0.460 e. The van der Waals surface area contributed by atoms with E-state index in [1.54, 1.807) is 13.8 Å². The van der Waals surface area contributed by atoms with Crippen LogP contribution in [0.3, 0.4) is 0 Å². The Morgan fingerprint density at radius 2 is 1.88 bits per heavy atom. The fraction of sp³-hybridized carbons (Fsp3) is 0.667. The molecule has 1 aliphatic carbocycles. The van der Waals surface area contributed by atoms with Crippen LogP contribution < -0.4 is 5.32 Å². The van der Waals surface area contributed by atoms with Crippen molar-refractivity contribution in [3.63, 3.8) is 0 Å². The molecule has 3 rings (SSSR count). The van der Waals surface area contributed by atoms with Crippen LogP contribution in [0.2, 0.25) is 0 Å². The molecule has 1 aliphatic heterocycles. The summed E-state index contributed by atoms with van der Waals surface area (Å²) < 4.78 is 37.1. The molecule has 11 heteroatoms. The maximum atomic E-state index is 12.9. The summed E-state index contributed by atoms with van der Waals surface area (Å²) in [5.74, 6) is -1.09. The van der Waals surface area contributed by atoms with E-state index in [1.807, 2.05) is 4.90 Å². The summed E-state index contributed by atoms with van der Waals surface area (Å²) in [6.45, 7) is 4.65. The molecule has 1 aromatic rings. The van der Waals surface area contributed by atoms with Crippen molar-refractivity contribution in [1.82, 2.24) is 14.5 Å². The van der Waals surface area contributed by atoms with Gasteiger partial charge in [-0.05, 0) is 38.8 Å². The fourth-order valence-electron chi connectivity index (χ4n) is 4.16. The van der Waals surface area contributed by atoms with E-state index in [1.165, 1.54) is 16.4 Å². The maximum absolute atomic E-state index is 12.9. The van der Waals surface area contributed by atoms with E-state index < -0.39 is 27.6 Å². The van der Waals surface area contributed by atoms with Gasteiger partial charge in [0.15, 0.2) is 0 Å². The number of nitrogens with one attached hydrogen (secondary N) is 1. The smallest absolute Gasteiger partial charge is 0.374 e. The Morgan fingerprint density at radius 3 is 2.47 bits per heavy atom. The first-order valence-corrected chi connectivity index (χ1v) is 12.4. The number of nitriles is 1. The van der Waals surface area contributed by atoms with Crippen molar-refractivity contribution in [2.75, 3.05) is 32.8 Å². The molecule has 1 N–H and O–H groups in total. The first kappa shape index (κ1) is 24.2. The minimum atomic E-state index is -3.91. The van der Waals surface area contributed by atoms with Gasteiger partial charge in [0.25, 0.3) is 10.0 Å². The van der Waals surface area contributed by atoms with Gasteiger partial charge in [-0.15, -0.1) is 0 Å². The Balaban J connectivity index is 1.58. The molecular formula is C21H30N4O6S. The van der Waals surface area contributed by atoms with Crippen molar-refractivity contribution in [2.24, 2.45) is 0 Å². The molecule has 0 bridgehead atoms. The standard InChI is InChI=1S/C21H30N4O6S/c1-3-30-20(27)17-7-8-18(31-17)32(28,29)25-13-11-24(12-14-25)16(2)19(26)23-21(15-22)9-5-4-6-10-21/h7-8,16H,3-6,9-14H2,1-2H3,(H,23,26). The van der Waals surface area contributed by atoms with Gasteiger partial charge in [0.2, 0.25) is 16.8 Å². The van der Waals surface area contributed by atoms with Gasteiger partial charge in [-0.25, -0.2) is 13.2 Å². The second kappa shape index (κ2) is 10.0. The normalized spacial score (nSPS) is 20.8. The number of hydrogen-bond acceptors (Lipinski definition) is 8. The molecule has 1 atom stereocenters. The van der Waals surface area contributed by atoms with Crippen molar-refractivity contribution in [2.45, 2.75) is 62.6 Å². The average Bonchev–Trinajstić information content (AvgIpc) is 3.31. The largest absolute Gasteiger partial charge is 0.460 e. The number of amides is 1. The Kier molecular flexibility index (Phi) is 7.59. The third-order valence-corrected chi connectivity index (χ3v) is 7.91. The molecule has 1 saturated heterocycles. The maximum Gasteiger partial charge on any atom is 0.374 e. The van der Waals surface area contributed by atoms with E-state index in [0.717, 1.165) is 19.3 Å². The van der Waals surface area contributed by atoms with Gasteiger partial charge < -0.3 is 14.5 Å². The molecule has 10 nitrogen and oxygen atoms in total. The summed E-state index contributed by atoms with van der Waals surface area (Å²) in [4.78, 5) is 26.4. The Morgan fingerprint density at radius 1 is 1.22 bits per heavy atom. The third kappa shape index (κ3) is 5.14. The van der Waals surface area contributed by atoms with Crippen LogP contribution in [0.15, 0.2) is 21.6 Å². The molecule has 1 aromatic heterocycles. The molecular weight excluding hydrogens is 436 g/mol. The molecule has 176 valence electrons. The number of hydrogen-bond donors (Lipinski definition) is 1. The number of rotatable bonds is 7. The number of furan rings is 1.